The van der Waals surface area contributed by atoms with Crippen molar-refractivity contribution in [1.82, 2.24) is 4.98 Å². The van der Waals surface area contributed by atoms with Crippen molar-refractivity contribution in [2.75, 3.05) is 0 Å². The number of carboxylic acids is 1. The molecule has 2 rings (SSSR count). The van der Waals surface area contributed by atoms with E-state index < -0.39 is 23.5 Å². The third kappa shape index (κ3) is 3.81. The Morgan fingerprint density at radius 3 is 2.55 bits per heavy atom. The molecular formula is C17H19NO4. The summed E-state index contributed by atoms with van der Waals surface area (Å²) in [7, 11) is 0. The number of pyridine rings is 1. The van der Waals surface area contributed by atoms with E-state index in [1.54, 1.807) is 33.0 Å². The average molecular weight is 301 g/mol. The van der Waals surface area contributed by atoms with Crippen molar-refractivity contribution < 1.29 is 19.4 Å². The van der Waals surface area contributed by atoms with Crippen LogP contribution >= 0.6 is 0 Å². The molecule has 1 unspecified atom stereocenters. The summed E-state index contributed by atoms with van der Waals surface area (Å²) >= 11 is 0. The fourth-order valence-corrected chi connectivity index (χ4v) is 2.20. The van der Waals surface area contributed by atoms with Crippen LogP contribution in [0, 0.1) is 5.92 Å². The third-order valence-corrected chi connectivity index (χ3v) is 3.15. The minimum atomic E-state index is -1.23. The lowest BCUT2D eigenvalue weighted by Crippen LogP contribution is -2.34. The number of fused-ring (bicyclic) bond motifs is 1. The van der Waals surface area contributed by atoms with Gasteiger partial charge in [0.15, 0.2) is 5.92 Å². The number of carbonyl (C=O) groups is 2. The van der Waals surface area contributed by atoms with Gasteiger partial charge in [0, 0.05) is 11.6 Å². The number of carboxylic acid groups (broad SMARTS) is 1. The summed E-state index contributed by atoms with van der Waals surface area (Å²) < 4.78 is 5.21. The van der Waals surface area contributed by atoms with Gasteiger partial charge in [-0.3, -0.25) is 14.6 Å². The molecule has 2 aromatic rings. The van der Waals surface area contributed by atoms with E-state index in [0.29, 0.717) is 0 Å². The Labute approximate surface area is 128 Å². The summed E-state index contributed by atoms with van der Waals surface area (Å²) in [6.07, 6.45) is 1.69. The largest absolute Gasteiger partial charge is 0.481 e. The zero-order valence-corrected chi connectivity index (χ0v) is 12.9. The van der Waals surface area contributed by atoms with E-state index in [2.05, 4.69) is 4.98 Å². The monoisotopic (exact) mass is 301 g/mol. The van der Waals surface area contributed by atoms with Gasteiger partial charge in [0.25, 0.3) is 0 Å². The fraction of sp³-hybridized carbons (Fsp3) is 0.353. The molecule has 1 aromatic heterocycles. The topological polar surface area (TPSA) is 76.5 Å². The van der Waals surface area contributed by atoms with Crippen molar-refractivity contribution in [3.05, 3.63) is 42.1 Å². The molecule has 0 aliphatic rings. The number of esters is 1. The van der Waals surface area contributed by atoms with Crippen LogP contribution in [-0.4, -0.2) is 27.6 Å². The molecule has 1 heterocycles. The molecule has 0 saturated carbocycles. The minimum Gasteiger partial charge on any atom is -0.481 e. The van der Waals surface area contributed by atoms with Gasteiger partial charge in [-0.2, -0.15) is 0 Å². The Balaban J connectivity index is 2.31. The lowest BCUT2D eigenvalue weighted by molar-refractivity contribution is -0.166. The standard InChI is InChI=1S/C17H19NO4/c1-17(2,3)22-16(21)13(15(19)20)10-11-8-9-18-14-7-5-4-6-12(11)14/h4-9,13H,10H2,1-3H3,(H,19,20). The molecule has 0 spiro atoms. The van der Waals surface area contributed by atoms with Crippen molar-refractivity contribution in [2.24, 2.45) is 5.92 Å². The molecule has 0 bridgehead atoms. The first kappa shape index (κ1) is 15.9. The van der Waals surface area contributed by atoms with Crippen molar-refractivity contribution >= 4 is 22.8 Å². The molecule has 1 N–H and O–H groups in total. The van der Waals surface area contributed by atoms with Crippen LogP contribution in [-0.2, 0) is 20.7 Å². The number of nitrogens with zero attached hydrogens (tertiary/aromatic N) is 1. The Hall–Kier alpha value is -2.43. The van der Waals surface area contributed by atoms with Gasteiger partial charge in [0.1, 0.15) is 5.60 Å². The molecule has 5 heteroatoms. The van der Waals surface area contributed by atoms with Gasteiger partial charge in [0.05, 0.1) is 5.52 Å². The molecule has 116 valence electrons. The van der Waals surface area contributed by atoms with E-state index in [0.717, 1.165) is 16.5 Å². The van der Waals surface area contributed by atoms with Gasteiger partial charge in [-0.15, -0.1) is 0 Å². The molecule has 1 aromatic carbocycles. The Bertz CT molecular complexity index is 698. The summed E-state index contributed by atoms with van der Waals surface area (Å²) in [5.41, 5.74) is 0.822. The molecule has 22 heavy (non-hydrogen) atoms. The van der Waals surface area contributed by atoms with Gasteiger partial charge in [-0.05, 0) is 44.9 Å². The highest BCUT2D eigenvalue weighted by atomic mass is 16.6. The number of ether oxygens (including phenoxy) is 1. The molecule has 0 radical (unpaired) electrons. The van der Waals surface area contributed by atoms with E-state index in [1.165, 1.54) is 0 Å². The molecule has 0 aliphatic carbocycles. The number of rotatable bonds is 4. The predicted molar refractivity (Wildman–Crippen MR) is 82.4 cm³/mol. The third-order valence-electron chi connectivity index (χ3n) is 3.15. The SMILES string of the molecule is CC(C)(C)OC(=O)C(Cc1ccnc2ccccc12)C(=O)O. The second kappa shape index (κ2) is 6.13. The summed E-state index contributed by atoms with van der Waals surface area (Å²) in [5, 5.41) is 10.2. The molecule has 0 fully saturated rings. The maximum Gasteiger partial charge on any atom is 0.321 e. The van der Waals surface area contributed by atoms with Gasteiger partial charge in [-0.1, -0.05) is 18.2 Å². The number of carbonyl (C=O) groups excluding carboxylic acids is 1. The van der Waals surface area contributed by atoms with Crippen molar-refractivity contribution in [2.45, 2.75) is 32.8 Å². The summed E-state index contributed by atoms with van der Waals surface area (Å²) in [6.45, 7) is 5.14. The average Bonchev–Trinajstić information content (AvgIpc) is 2.42. The number of aliphatic carboxylic acids is 1. The molecule has 1 atom stereocenters. The highest BCUT2D eigenvalue weighted by Gasteiger charge is 2.31. The van der Waals surface area contributed by atoms with E-state index in [9.17, 15) is 14.7 Å². The van der Waals surface area contributed by atoms with Gasteiger partial charge < -0.3 is 9.84 Å². The van der Waals surface area contributed by atoms with Crippen LogP contribution in [0.3, 0.4) is 0 Å². The molecular weight excluding hydrogens is 282 g/mol. The van der Waals surface area contributed by atoms with Gasteiger partial charge in [-0.25, -0.2) is 0 Å². The van der Waals surface area contributed by atoms with E-state index in [-0.39, 0.29) is 6.42 Å². The zero-order chi connectivity index (χ0) is 16.3. The molecule has 5 nitrogen and oxygen atoms in total. The molecule has 0 saturated heterocycles. The smallest absolute Gasteiger partial charge is 0.321 e. The number of aromatic nitrogens is 1. The minimum absolute atomic E-state index is 0.0767. The maximum atomic E-state index is 12.1. The van der Waals surface area contributed by atoms with Gasteiger partial charge >= 0.3 is 11.9 Å². The lowest BCUT2D eigenvalue weighted by atomic mass is 9.96. The first-order chi connectivity index (χ1) is 10.3. The number of para-hydroxylation sites is 1. The summed E-state index contributed by atoms with van der Waals surface area (Å²) in [6, 6.07) is 9.18. The zero-order valence-electron chi connectivity index (χ0n) is 12.9. The fourth-order valence-electron chi connectivity index (χ4n) is 2.20. The first-order valence-corrected chi connectivity index (χ1v) is 7.06. The van der Waals surface area contributed by atoms with Crippen molar-refractivity contribution in [3.63, 3.8) is 0 Å². The molecule has 0 amide bonds. The van der Waals surface area contributed by atoms with Crippen LogP contribution in [0.5, 0.6) is 0 Å². The van der Waals surface area contributed by atoms with Gasteiger partial charge in [0.2, 0.25) is 0 Å². The van der Waals surface area contributed by atoms with Crippen LogP contribution in [0.15, 0.2) is 36.5 Å². The first-order valence-electron chi connectivity index (χ1n) is 7.06. The van der Waals surface area contributed by atoms with Crippen molar-refractivity contribution in [3.8, 4) is 0 Å². The van der Waals surface area contributed by atoms with Crippen LogP contribution < -0.4 is 0 Å². The quantitative estimate of drug-likeness (QED) is 0.694. The second-order valence-electron chi connectivity index (χ2n) is 6.12. The normalized spacial score (nSPS) is 12.9. The molecule has 0 aliphatic heterocycles. The van der Waals surface area contributed by atoms with E-state index in [4.69, 9.17) is 4.74 Å². The Morgan fingerprint density at radius 2 is 1.91 bits per heavy atom. The van der Waals surface area contributed by atoms with E-state index >= 15 is 0 Å². The second-order valence-corrected chi connectivity index (χ2v) is 6.12. The highest BCUT2D eigenvalue weighted by Crippen LogP contribution is 2.21. The predicted octanol–water partition coefficient (Wildman–Crippen LogP) is 2.82. The van der Waals surface area contributed by atoms with E-state index in [1.807, 2.05) is 24.3 Å². The number of benzene rings is 1. The Morgan fingerprint density at radius 1 is 1.23 bits per heavy atom. The van der Waals surface area contributed by atoms with Crippen LogP contribution in [0.1, 0.15) is 26.3 Å². The van der Waals surface area contributed by atoms with Crippen molar-refractivity contribution in [1.29, 1.82) is 0 Å². The summed E-state index contributed by atoms with van der Waals surface area (Å²) in [5.74, 6) is -3.14. The maximum absolute atomic E-state index is 12.1. The van der Waals surface area contributed by atoms with Crippen LogP contribution in [0.2, 0.25) is 0 Å². The Kier molecular flexibility index (Phi) is 4.45. The number of hydrogen-bond donors (Lipinski definition) is 1. The number of hydrogen-bond acceptors (Lipinski definition) is 4. The lowest BCUT2D eigenvalue weighted by Gasteiger charge is -2.22. The van der Waals surface area contributed by atoms with Crippen LogP contribution in [0.4, 0.5) is 0 Å². The highest BCUT2D eigenvalue weighted by molar-refractivity contribution is 5.95. The summed E-state index contributed by atoms with van der Waals surface area (Å²) in [4.78, 5) is 27.8. The van der Waals surface area contributed by atoms with Crippen LogP contribution in [0.25, 0.3) is 10.9 Å².